The SMILES string of the molecule is CCN(CC(=O)O)C1CC(NC(=O)C2CCCN2C(=O)c2ccccc2)C1. The summed E-state index contributed by atoms with van der Waals surface area (Å²) in [6, 6.07) is 8.89. The average molecular weight is 373 g/mol. The molecule has 1 aliphatic carbocycles. The molecule has 1 atom stereocenters. The van der Waals surface area contributed by atoms with Gasteiger partial charge in [0.05, 0.1) is 6.54 Å². The number of hydrogen-bond acceptors (Lipinski definition) is 4. The number of nitrogens with zero attached hydrogens (tertiary/aromatic N) is 2. The summed E-state index contributed by atoms with van der Waals surface area (Å²) in [5, 5.41) is 12.0. The maximum absolute atomic E-state index is 12.7. The normalized spacial score (nSPS) is 24.5. The summed E-state index contributed by atoms with van der Waals surface area (Å²) in [6.07, 6.45) is 3.02. The molecular weight excluding hydrogens is 346 g/mol. The van der Waals surface area contributed by atoms with Gasteiger partial charge in [0.25, 0.3) is 5.91 Å². The first kappa shape index (κ1) is 19.4. The van der Waals surface area contributed by atoms with Crippen molar-refractivity contribution in [2.75, 3.05) is 19.6 Å². The molecule has 1 aliphatic heterocycles. The number of rotatable bonds is 7. The summed E-state index contributed by atoms with van der Waals surface area (Å²) < 4.78 is 0. The number of likely N-dealkylation sites (tertiary alicyclic amines) is 1. The molecule has 3 rings (SSSR count). The van der Waals surface area contributed by atoms with Crippen LogP contribution in [0.25, 0.3) is 0 Å². The van der Waals surface area contributed by atoms with E-state index in [4.69, 9.17) is 5.11 Å². The second-order valence-corrected chi connectivity index (χ2v) is 7.31. The van der Waals surface area contributed by atoms with Crippen molar-refractivity contribution in [2.24, 2.45) is 0 Å². The maximum Gasteiger partial charge on any atom is 0.317 e. The molecule has 2 fully saturated rings. The van der Waals surface area contributed by atoms with Gasteiger partial charge in [-0.05, 0) is 44.4 Å². The van der Waals surface area contributed by atoms with Crippen LogP contribution in [0.2, 0.25) is 0 Å². The van der Waals surface area contributed by atoms with Crippen molar-refractivity contribution in [2.45, 2.75) is 50.7 Å². The van der Waals surface area contributed by atoms with Crippen LogP contribution in [0.1, 0.15) is 43.0 Å². The third-order valence-electron chi connectivity index (χ3n) is 5.56. The fraction of sp³-hybridized carbons (Fsp3) is 0.550. The van der Waals surface area contributed by atoms with E-state index >= 15 is 0 Å². The van der Waals surface area contributed by atoms with E-state index in [2.05, 4.69) is 5.32 Å². The Bertz CT molecular complexity index is 688. The monoisotopic (exact) mass is 373 g/mol. The van der Waals surface area contributed by atoms with Crippen LogP contribution >= 0.6 is 0 Å². The highest BCUT2D eigenvalue weighted by molar-refractivity contribution is 5.98. The Labute approximate surface area is 159 Å². The minimum atomic E-state index is -0.828. The molecular formula is C20H27N3O4. The van der Waals surface area contributed by atoms with Gasteiger partial charge >= 0.3 is 5.97 Å². The lowest BCUT2D eigenvalue weighted by Gasteiger charge is -2.42. The van der Waals surface area contributed by atoms with Crippen LogP contribution in [0, 0.1) is 0 Å². The van der Waals surface area contributed by atoms with Gasteiger partial charge in [0.2, 0.25) is 5.91 Å². The highest BCUT2D eigenvalue weighted by atomic mass is 16.4. The molecule has 146 valence electrons. The first-order valence-electron chi connectivity index (χ1n) is 9.61. The Morgan fingerprint density at radius 1 is 1.22 bits per heavy atom. The van der Waals surface area contributed by atoms with Crippen molar-refractivity contribution in [1.29, 1.82) is 0 Å². The zero-order chi connectivity index (χ0) is 19.4. The molecule has 2 aliphatic rings. The van der Waals surface area contributed by atoms with E-state index in [1.807, 2.05) is 30.0 Å². The smallest absolute Gasteiger partial charge is 0.317 e. The van der Waals surface area contributed by atoms with Gasteiger partial charge in [-0.15, -0.1) is 0 Å². The number of likely N-dealkylation sites (N-methyl/N-ethyl adjacent to an activating group) is 1. The molecule has 0 aromatic heterocycles. The molecule has 1 aromatic carbocycles. The van der Waals surface area contributed by atoms with Crippen LogP contribution in [0.15, 0.2) is 30.3 Å². The number of benzene rings is 1. The van der Waals surface area contributed by atoms with Gasteiger partial charge in [0, 0.05) is 24.2 Å². The minimum Gasteiger partial charge on any atom is -0.480 e. The third kappa shape index (κ3) is 4.47. The maximum atomic E-state index is 12.7. The molecule has 1 saturated heterocycles. The van der Waals surface area contributed by atoms with Crippen molar-refractivity contribution in [3.8, 4) is 0 Å². The van der Waals surface area contributed by atoms with E-state index in [1.54, 1.807) is 17.0 Å². The molecule has 7 heteroatoms. The average Bonchev–Trinajstić information content (AvgIpc) is 3.12. The second-order valence-electron chi connectivity index (χ2n) is 7.31. The van der Waals surface area contributed by atoms with Gasteiger partial charge in [0.1, 0.15) is 6.04 Å². The van der Waals surface area contributed by atoms with E-state index in [1.165, 1.54) is 0 Å². The standard InChI is InChI=1S/C20H27N3O4/c1-2-22(13-18(24)25)16-11-15(12-16)21-19(26)17-9-6-10-23(17)20(27)14-7-4-3-5-8-14/h3-5,7-8,15-17H,2,6,9-13H2,1H3,(H,21,26)(H,24,25). The lowest BCUT2D eigenvalue weighted by molar-refractivity contribution is -0.140. The predicted octanol–water partition coefficient (Wildman–Crippen LogP) is 1.34. The van der Waals surface area contributed by atoms with Crippen LogP contribution in [-0.4, -0.2) is 70.4 Å². The molecule has 7 nitrogen and oxygen atoms in total. The molecule has 1 saturated carbocycles. The topological polar surface area (TPSA) is 90.0 Å². The molecule has 0 radical (unpaired) electrons. The van der Waals surface area contributed by atoms with Crippen molar-refractivity contribution in [3.05, 3.63) is 35.9 Å². The summed E-state index contributed by atoms with van der Waals surface area (Å²) in [7, 11) is 0. The van der Waals surface area contributed by atoms with Crippen LogP contribution in [0.3, 0.4) is 0 Å². The van der Waals surface area contributed by atoms with Gasteiger partial charge in [-0.3, -0.25) is 19.3 Å². The Balaban J connectivity index is 1.52. The number of nitrogens with one attached hydrogen (secondary N) is 1. The molecule has 1 heterocycles. The highest BCUT2D eigenvalue weighted by Gasteiger charge is 2.39. The number of carbonyl (C=O) groups excluding carboxylic acids is 2. The van der Waals surface area contributed by atoms with Gasteiger partial charge in [0.15, 0.2) is 0 Å². The quantitative estimate of drug-likeness (QED) is 0.753. The van der Waals surface area contributed by atoms with Crippen LogP contribution in [0.5, 0.6) is 0 Å². The summed E-state index contributed by atoms with van der Waals surface area (Å²) in [5.74, 6) is -1.02. The van der Waals surface area contributed by atoms with Gasteiger partial charge in [-0.1, -0.05) is 25.1 Å². The van der Waals surface area contributed by atoms with E-state index in [9.17, 15) is 14.4 Å². The number of hydrogen-bond donors (Lipinski definition) is 2. The van der Waals surface area contributed by atoms with Crippen molar-refractivity contribution in [3.63, 3.8) is 0 Å². The van der Waals surface area contributed by atoms with Gasteiger partial charge in [-0.2, -0.15) is 0 Å². The summed E-state index contributed by atoms with van der Waals surface area (Å²) >= 11 is 0. The number of amides is 2. The minimum absolute atomic E-state index is 0.0316. The zero-order valence-corrected chi connectivity index (χ0v) is 15.6. The fourth-order valence-electron chi connectivity index (χ4n) is 4.00. The molecule has 2 N–H and O–H groups in total. The van der Waals surface area contributed by atoms with Crippen molar-refractivity contribution < 1.29 is 19.5 Å². The number of carboxylic acids is 1. The Hall–Kier alpha value is -2.41. The largest absolute Gasteiger partial charge is 0.480 e. The van der Waals surface area contributed by atoms with E-state index in [0.717, 1.165) is 19.3 Å². The lowest BCUT2D eigenvalue weighted by atomic mass is 9.85. The summed E-state index contributed by atoms with van der Waals surface area (Å²) in [6.45, 7) is 3.26. The zero-order valence-electron chi connectivity index (χ0n) is 15.6. The summed E-state index contributed by atoms with van der Waals surface area (Å²) in [4.78, 5) is 39.9. The fourth-order valence-corrected chi connectivity index (χ4v) is 4.00. The first-order chi connectivity index (χ1) is 13.0. The lowest BCUT2D eigenvalue weighted by Crippen LogP contribution is -2.57. The summed E-state index contributed by atoms with van der Waals surface area (Å²) in [5.41, 5.74) is 0.605. The molecule has 0 spiro atoms. The number of carbonyl (C=O) groups is 3. The van der Waals surface area contributed by atoms with Crippen LogP contribution in [-0.2, 0) is 9.59 Å². The highest BCUT2D eigenvalue weighted by Crippen LogP contribution is 2.27. The second kappa shape index (κ2) is 8.52. The molecule has 0 bridgehead atoms. The predicted molar refractivity (Wildman–Crippen MR) is 100 cm³/mol. The van der Waals surface area contributed by atoms with Crippen molar-refractivity contribution in [1.82, 2.24) is 15.1 Å². The van der Waals surface area contributed by atoms with Crippen LogP contribution < -0.4 is 5.32 Å². The Morgan fingerprint density at radius 3 is 2.56 bits per heavy atom. The molecule has 2 amide bonds. The van der Waals surface area contributed by atoms with Crippen LogP contribution in [0.4, 0.5) is 0 Å². The molecule has 1 aromatic rings. The molecule has 27 heavy (non-hydrogen) atoms. The molecule has 1 unspecified atom stereocenters. The van der Waals surface area contributed by atoms with Gasteiger partial charge < -0.3 is 15.3 Å². The van der Waals surface area contributed by atoms with E-state index < -0.39 is 12.0 Å². The number of carboxylic acid groups (broad SMARTS) is 1. The Kier molecular flexibility index (Phi) is 6.11. The van der Waals surface area contributed by atoms with E-state index in [-0.39, 0.29) is 30.4 Å². The van der Waals surface area contributed by atoms with Crippen molar-refractivity contribution >= 4 is 17.8 Å². The Morgan fingerprint density at radius 2 is 1.93 bits per heavy atom. The number of aliphatic carboxylic acids is 1. The third-order valence-corrected chi connectivity index (χ3v) is 5.56. The van der Waals surface area contributed by atoms with Gasteiger partial charge in [-0.25, -0.2) is 0 Å². The van der Waals surface area contributed by atoms with E-state index in [0.29, 0.717) is 25.1 Å². The first-order valence-corrected chi connectivity index (χ1v) is 9.61.